The summed E-state index contributed by atoms with van der Waals surface area (Å²) in [5, 5.41) is 2.61. The van der Waals surface area contributed by atoms with E-state index in [0.29, 0.717) is 0 Å². The first-order chi connectivity index (χ1) is 9.49. The Morgan fingerprint density at radius 1 is 1.25 bits per heavy atom. The molecule has 0 radical (unpaired) electrons. The van der Waals surface area contributed by atoms with Crippen molar-refractivity contribution in [1.82, 2.24) is 10.3 Å². The number of benzene rings is 1. The Labute approximate surface area is 123 Å². The van der Waals surface area contributed by atoms with Crippen molar-refractivity contribution < 1.29 is 13.6 Å². The molecule has 1 atom stereocenters. The molecular weight excluding hydrogens is 330 g/mol. The van der Waals surface area contributed by atoms with Gasteiger partial charge >= 0.3 is 0 Å². The second kappa shape index (κ2) is 6.09. The van der Waals surface area contributed by atoms with Crippen LogP contribution in [0.2, 0.25) is 0 Å². The minimum Gasteiger partial charge on any atom is -0.345 e. The van der Waals surface area contributed by atoms with E-state index >= 15 is 0 Å². The van der Waals surface area contributed by atoms with E-state index in [1.165, 1.54) is 0 Å². The van der Waals surface area contributed by atoms with Crippen LogP contribution in [0.5, 0.6) is 0 Å². The Bertz CT molecular complexity index is 632. The molecule has 0 bridgehead atoms. The maximum Gasteiger partial charge on any atom is 0.254 e. The third-order valence-electron chi connectivity index (χ3n) is 2.81. The number of rotatable bonds is 3. The monoisotopic (exact) mass is 340 g/mol. The molecule has 6 heteroatoms. The maximum atomic E-state index is 13.5. The quantitative estimate of drug-likeness (QED) is 0.867. The summed E-state index contributed by atoms with van der Waals surface area (Å²) in [6.07, 6.45) is 1.05. The number of hydrogen-bond acceptors (Lipinski definition) is 2. The van der Waals surface area contributed by atoms with Gasteiger partial charge < -0.3 is 5.32 Å². The zero-order valence-corrected chi connectivity index (χ0v) is 12.1. The topological polar surface area (TPSA) is 42.0 Å². The van der Waals surface area contributed by atoms with Gasteiger partial charge in [-0.05, 0) is 30.7 Å². The average molecular weight is 341 g/mol. The normalized spacial score (nSPS) is 12.0. The van der Waals surface area contributed by atoms with Gasteiger partial charge in [0.25, 0.3) is 5.91 Å². The summed E-state index contributed by atoms with van der Waals surface area (Å²) in [7, 11) is 0. The highest BCUT2D eigenvalue weighted by molar-refractivity contribution is 9.10. The predicted octanol–water partition coefficient (Wildman–Crippen LogP) is 3.61. The molecule has 1 aromatic carbocycles. The van der Waals surface area contributed by atoms with Gasteiger partial charge in [-0.1, -0.05) is 28.1 Å². The second-order valence-electron chi connectivity index (χ2n) is 4.21. The van der Waals surface area contributed by atoms with E-state index in [4.69, 9.17) is 0 Å². The minimum atomic E-state index is -1.28. The van der Waals surface area contributed by atoms with E-state index < -0.39 is 17.7 Å². The molecule has 2 rings (SSSR count). The molecule has 0 spiro atoms. The van der Waals surface area contributed by atoms with Gasteiger partial charge in [-0.25, -0.2) is 9.37 Å². The van der Waals surface area contributed by atoms with Crippen molar-refractivity contribution in [2.45, 2.75) is 13.0 Å². The fourth-order valence-electron chi connectivity index (χ4n) is 1.70. The lowest BCUT2D eigenvalue weighted by atomic mass is 10.1. The number of carbonyl (C=O) groups is 1. The summed E-state index contributed by atoms with van der Waals surface area (Å²) in [4.78, 5) is 15.1. The van der Waals surface area contributed by atoms with Gasteiger partial charge in [0.1, 0.15) is 0 Å². The van der Waals surface area contributed by atoms with Crippen molar-refractivity contribution in [3.05, 3.63) is 63.9 Å². The molecule has 1 amide bonds. The first-order valence-electron chi connectivity index (χ1n) is 5.85. The summed E-state index contributed by atoms with van der Waals surface area (Å²) < 4.78 is 27.3. The Kier molecular flexibility index (Phi) is 4.44. The van der Waals surface area contributed by atoms with E-state index in [0.717, 1.165) is 22.3 Å². The first kappa shape index (κ1) is 14.6. The van der Waals surface area contributed by atoms with Crippen molar-refractivity contribution in [1.29, 1.82) is 0 Å². The van der Waals surface area contributed by atoms with Gasteiger partial charge in [0.15, 0.2) is 5.82 Å². The molecule has 1 N–H and O–H groups in total. The fraction of sp³-hybridized carbons (Fsp3) is 0.143. The highest BCUT2D eigenvalue weighted by Gasteiger charge is 2.18. The Hall–Kier alpha value is -1.82. The van der Waals surface area contributed by atoms with E-state index in [9.17, 15) is 13.6 Å². The highest BCUT2D eigenvalue weighted by Crippen LogP contribution is 2.17. The van der Waals surface area contributed by atoms with E-state index in [2.05, 4.69) is 26.2 Å². The molecule has 104 valence electrons. The van der Waals surface area contributed by atoms with Gasteiger partial charge in [-0.2, -0.15) is 4.39 Å². The molecule has 0 saturated carbocycles. The van der Waals surface area contributed by atoms with Crippen molar-refractivity contribution in [3.8, 4) is 0 Å². The standard InChI is InChI=1S/C14H11BrF2N2O/c1-8(9-2-4-10(15)5-3-9)19-14(20)11-6-7-18-13(17)12(11)16/h2-8H,1H3,(H,19,20). The number of amides is 1. The van der Waals surface area contributed by atoms with Crippen LogP contribution in [0.3, 0.4) is 0 Å². The van der Waals surface area contributed by atoms with Gasteiger partial charge in [0.2, 0.25) is 5.95 Å². The largest absolute Gasteiger partial charge is 0.345 e. The number of carbonyl (C=O) groups excluding carboxylic acids is 1. The van der Waals surface area contributed by atoms with Gasteiger partial charge in [-0.15, -0.1) is 0 Å². The molecule has 0 aliphatic heterocycles. The Morgan fingerprint density at radius 3 is 2.55 bits per heavy atom. The summed E-state index contributed by atoms with van der Waals surface area (Å²) >= 11 is 3.31. The molecule has 0 aliphatic carbocycles. The first-order valence-corrected chi connectivity index (χ1v) is 6.64. The smallest absolute Gasteiger partial charge is 0.254 e. The van der Waals surface area contributed by atoms with E-state index in [1.54, 1.807) is 6.92 Å². The predicted molar refractivity (Wildman–Crippen MR) is 74.2 cm³/mol. The fourth-order valence-corrected chi connectivity index (χ4v) is 1.97. The van der Waals surface area contributed by atoms with Gasteiger partial charge in [-0.3, -0.25) is 4.79 Å². The minimum absolute atomic E-state index is 0.328. The lowest BCUT2D eigenvalue weighted by molar-refractivity contribution is 0.0934. The maximum absolute atomic E-state index is 13.5. The summed E-state index contributed by atoms with van der Waals surface area (Å²) in [5.41, 5.74) is 0.498. The van der Waals surface area contributed by atoms with Crippen LogP contribution in [-0.2, 0) is 0 Å². The molecule has 0 aliphatic rings. The highest BCUT2D eigenvalue weighted by atomic mass is 79.9. The van der Waals surface area contributed by atoms with Crippen LogP contribution in [0.1, 0.15) is 28.9 Å². The number of aromatic nitrogens is 1. The average Bonchev–Trinajstić information content (AvgIpc) is 2.42. The third kappa shape index (κ3) is 3.19. The van der Waals surface area contributed by atoms with E-state index in [1.807, 2.05) is 24.3 Å². The van der Waals surface area contributed by atoms with E-state index in [-0.39, 0.29) is 11.6 Å². The molecular formula is C14H11BrF2N2O. The third-order valence-corrected chi connectivity index (χ3v) is 3.34. The van der Waals surface area contributed by atoms with Crippen molar-refractivity contribution in [2.75, 3.05) is 0 Å². The molecule has 1 heterocycles. The number of nitrogens with one attached hydrogen (secondary N) is 1. The lowest BCUT2D eigenvalue weighted by Crippen LogP contribution is -2.27. The molecule has 2 aromatic rings. The Balaban J connectivity index is 2.15. The molecule has 20 heavy (non-hydrogen) atoms. The van der Waals surface area contributed by atoms with Crippen LogP contribution < -0.4 is 5.32 Å². The van der Waals surface area contributed by atoms with Gasteiger partial charge in [0, 0.05) is 10.7 Å². The number of nitrogens with zero attached hydrogens (tertiary/aromatic N) is 1. The van der Waals surface area contributed by atoms with Gasteiger partial charge in [0.05, 0.1) is 11.6 Å². The van der Waals surface area contributed by atoms with Crippen molar-refractivity contribution >= 4 is 21.8 Å². The van der Waals surface area contributed by atoms with Crippen molar-refractivity contribution in [2.24, 2.45) is 0 Å². The molecule has 0 fully saturated rings. The number of pyridine rings is 1. The number of hydrogen-bond donors (Lipinski definition) is 1. The van der Waals surface area contributed by atoms with Crippen LogP contribution in [0.15, 0.2) is 41.0 Å². The molecule has 0 saturated heterocycles. The Morgan fingerprint density at radius 2 is 1.90 bits per heavy atom. The summed E-state index contributed by atoms with van der Waals surface area (Å²) in [5.74, 6) is -3.21. The zero-order chi connectivity index (χ0) is 14.7. The SMILES string of the molecule is CC(NC(=O)c1ccnc(F)c1F)c1ccc(Br)cc1. The summed E-state index contributed by atoms with van der Waals surface area (Å²) in [6.45, 7) is 1.76. The molecule has 3 nitrogen and oxygen atoms in total. The second-order valence-corrected chi connectivity index (χ2v) is 5.13. The van der Waals surface area contributed by atoms with Crippen molar-refractivity contribution in [3.63, 3.8) is 0 Å². The zero-order valence-electron chi connectivity index (χ0n) is 10.5. The van der Waals surface area contributed by atoms with Crippen LogP contribution in [0, 0.1) is 11.8 Å². The van der Waals surface area contributed by atoms with Crippen LogP contribution in [0.25, 0.3) is 0 Å². The molecule has 1 unspecified atom stereocenters. The lowest BCUT2D eigenvalue weighted by Gasteiger charge is -2.14. The van der Waals surface area contributed by atoms with Crippen LogP contribution in [0.4, 0.5) is 8.78 Å². The molecule has 1 aromatic heterocycles. The van der Waals surface area contributed by atoms with Crippen LogP contribution >= 0.6 is 15.9 Å². The number of halogens is 3. The van der Waals surface area contributed by atoms with Crippen LogP contribution in [-0.4, -0.2) is 10.9 Å². The summed E-state index contributed by atoms with van der Waals surface area (Å²) in [6, 6.07) is 8.15.